The van der Waals surface area contributed by atoms with Crippen LogP contribution in [0.5, 0.6) is 0 Å². The molecule has 4 nitrogen and oxygen atoms in total. The first-order valence-electron chi connectivity index (χ1n) is 3.87. The Kier molecular flexibility index (Phi) is 2.95. The molecule has 0 amide bonds. The Bertz CT molecular complexity index is 279. The van der Waals surface area contributed by atoms with Gasteiger partial charge in [-0.3, -0.25) is 0 Å². The summed E-state index contributed by atoms with van der Waals surface area (Å²) < 4.78 is 15.3. The van der Waals surface area contributed by atoms with Gasteiger partial charge in [-0.05, 0) is 0 Å². The number of hydrogen-bond donors (Lipinski definition) is 1. The Hall–Kier alpha value is -1.45. The van der Waals surface area contributed by atoms with Gasteiger partial charge in [0.2, 0.25) is 0 Å². The summed E-state index contributed by atoms with van der Waals surface area (Å²) in [6.07, 6.45) is 2.08. The lowest BCUT2D eigenvalue weighted by Gasteiger charge is -2.18. The summed E-state index contributed by atoms with van der Waals surface area (Å²) in [7, 11) is 4.65. The Morgan fingerprint density at radius 2 is 1.85 bits per heavy atom. The summed E-state index contributed by atoms with van der Waals surface area (Å²) in [5.41, 5.74) is 0.453. The molecule has 13 heavy (non-hydrogen) atoms. The van der Waals surface area contributed by atoms with E-state index in [0.717, 1.165) is 0 Å². The van der Waals surface area contributed by atoms with Crippen molar-refractivity contribution in [1.82, 2.24) is 0 Å². The molecular formula is C9H13NO3. The van der Waals surface area contributed by atoms with Gasteiger partial charge >= 0.3 is 0 Å². The van der Waals surface area contributed by atoms with Crippen LogP contribution in [0, 0.1) is 5.41 Å². The molecule has 0 aromatic carbocycles. The van der Waals surface area contributed by atoms with Gasteiger partial charge in [0, 0.05) is 11.8 Å². The standard InChI is InChI=1S/C9H13NO3/c1-11-7-4-6(10)5-8(12-2)9(7)13-3/h4,10H,5H2,1-3H3. The Labute approximate surface area is 77.3 Å². The molecule has 0 aromatic heterocycles. The van der Waals surface area contributed by atoms with E-state index in [1.165, 1.54) is 7.11 Å². The van der Waals surface area contributed by atoms with E-state index in [0.29, 0.717) is 29.4 Å². The monoisotopic (exact) mass is 183 g/mol. The van der Waals surface area contributed by atoms with E-state index in [-0.39, 0.29) is 0 Å². The average molecular weight is 183 g/mol. The van der Waals surface area contributed by atoms with Gasteiger partial charge in [0.05, 0.1) is 27.8 Å². The lowest BCUT2D eigenvalue weighted by Crippen LogP contribution is -2.12. The molecule has 0 aromatic rings. The third kappa shape index (κ3) is 1.83. The zero-order chi connectivity index (χ0) is 9.84. The van der Waals surface area contributed by atoms with Crippen LogP contribution in [-0.2, 0) is 14.2 Å². The van der Waals surface area contributed by atoms with E-state index in [1.807, 2.05) is 0 Å². The fourth-order valence-corrected chi connectivity index (χ4v) is 1.20. The molecule has 0 radical (unpaired) electrons. The summed E-state index contributed by atoms with van der Waals surface area (Å²) in [5, 5.41) is 7.50. The second-order valence-electron chi connectivity index (χ2n) is 2.58. The first-order chi connectivity index (χ1) is 6.22. The van der Waals surface area contributed by atoms with Crippen molar-refractivity contribution in [3.8, 4) is 0 Å². The number of ether oxygens (including phenoxy) is 3. The van der Waals surface area contributed by atoms with Crippen LogP contribution in [0.1, 0.15) is 6.42 Å². The van der Waals surface area contributed by atoms with Crippen LogP contribution in [0.4, 0.5) is 0 Å². The molecule has 0 atom stereocenters. The van der Waals surface area contributed by atoms with E-state index < -0.39 is 0 Å². The molecule has 0 fully saturated rings. The van der Waals surface area contributed by atoms with Crippen molar-refractivity contribution in [2.45, 2.75) is 6.42 Å². The second kappa shape index (κ2) is 3.98. The van der Waals surface area contributed by atoms with Gasteiger partial charge < -0.3 is 19.6 Å². The minimum Gasteiger partial charge on any atom is -0.497 e. The van der Waals surface area contributed by atoms with Crippen molar-refractivity contribution in [1.29, 1.82) is 5.41 Å². The first kappa shape index (κ1) is 9.64. The maximum Gasteiger partial charge on any atom is 0.199 e. The lowest BCUT2D eigenvalue weighted by molar-refractivity contribution is 0.181. The highest BCUT2D eigenvalue weighted by atomic mass is 16.5. The number of rotatable bonds is 3. The van der Waals surface area contributed by atoms with Crippen molar-refractivity contribution < 1.29 is 14.2 Å². The quantitative estimate of drug-likeness (QED) is 0.720. The van der Waals surface area contributed by atoms with Gasteiger partial charge in [-0.25, -0.2) is 0 Å². The van der Waals surface area contributed by atoms with Crippen molar-refractivity contribution >= 4 is 5.71 Å². The minimum absolute atomic E-state index is 0.451. The predicted molar refractivity (Wildman–Crippen MR) is 48.5 cm³/mol. The molecule has 0 saturated carbocycles. The van der Waals surface area contributed by atoms with Crippen LogP contribution < -0.4 is 0 Å². The van der Waals surface area contributed by atoms with Crippen LogP contribution in [0.15, 0.2) is 23.4 Å². The molecule has 0 aliphatic heterocycles. The molecule has 0 saturated heterocycles. The van der Waals surface area contributed by atoms with E-state index in [1.54, 1.807) is 20.3 Å². The van der Waals surface area contributed by atoms with Crippen molar-refractivity contribution in [3.63, 3.8) is 0 Å². The topological polar surface area (TPSA) is 51.5 Å². The van der Waals surface area contributed by atoms with Gasteiger partial charge in [0.15, 0.2) is 11.5 Å². The molecule has 1 rings (SSSR count). The van der Waals surface area contributed by atoms with Gasteiger partial charge in [0.1, 0.15) is 5.76 Å². The van der Waals surface area contributed by atoms with E-state index in [9.17, 15) is 0 Å². The van der Waals surface area contributed by atoms with E-state index in [2.05, 4.69) is 0 Å². The van der Waals surface area contributed by atoms with Gasteiger partial charge in [-0.1, -0.05) is 0 Å². The maximum absolute atomic E-state index is 7.50. The summed E-state index contributed by atoms with van der Waals surface area (Å²) in [6.45, 7) is 0. The van der Waals surface area contributed by atoms with Crippen LogP contribution in [0.2, 0.25) is 0 Å². The Balaban J connectivity index is 3.04. The summed E-state index contributed by atoms with van der Waals surface area (Å²) in [6, 6.07) is 0. The van der Waals surface area contributed by atoms with Crippen molar-refractivity contribution in [2.75, 3.05) is 21.3 Å². The zero-order valence-corrected chi connectivity index (χ0v) is 8.01. The normalized spacial score (nSPS) is 16.8. The van der Waals surface area contributed by atoms with Gasteiger partial charge in [-0.15, -0.1) is 0 Å². The number of methoxy groups -OCH3 is 3. The summed E-state index contributed by atoms with van der Waals surface area (Å²) in [4.78, 5) is 0. The predicted octanol–water partition coefficient (Wildman–Crippen LogP) is 1.44. The summed E-state index contributed by atoms with van der Waals surface area (Å²) >= 11 is 0. The first-order valence-corrected chi connectivity index (χ1v) is 3.87. The molecule has 1 N–H and O–H groups in total. The molecule has 0 unspecified atom stereocenters. The Morgan fingerprint density at radius 3 is 2.31 bits per heavy atom. The number of nitrogens with one attached hydrogen (secondary N) is 1. The lowest BCUT2D eigenvalue weighted by atomic mass is 10.1. The largest absolute Gasteiger partial charge is 0.497 e. The van der Waals surface area contributed by atoms with Crippen LogP contribution in [0.25, 0.3) is 0 Å². The smallest absolute Gasteiger partial charge is 0.199 e. The fraction of sp³-hybridized carbons (Fsp3) is 0.444. The van der Waals surface area contributed by atoms with Gasteiger partial charge in [0.25, 0.3) is 0 Å². The fourth-order valence-electron chi connectivity index (χ4n) is 1.20. The van der Waals surface area contributed by atoms with E-state index >= 15 is 0 Å². The van der Waals surface area contributed by atoms with Crippen LogP contribution >= 0.6 is 0 Å². The molecule has 0 heterocycles. The maximum atomic E-state index is 7.50. The molecule has 1 aliphatic carbocycles. The highest BCUT2D eigenvalue weighted by molar-refractivity contribution is 5.96. The van der Waals surface area contributed by atoms with Gasteiger partial charge in [-0.2, -0.15) is 0 Å². The average Bonchev–Trinajstić information content (AvgIpc) is 2.16. The molecular weight excluding hydrogens is 170 g/mol. The van der Waals surface area contributed by atoms with Crippen molar-refractivity contribution in [2.24, 2.45) is 0 Å². The Morgan fingerprint density at radius 1 is 1.15 bits per heavy atom. The third-order valence-corrected chi connectivity index (χ3v) is 1.80. The minimum atomic E-state index is 0.451. The van der Waals surface area contributed by atoms with Crippen molar-refractivity contribution in [3.05, 3.63) is 23.4 Å². The van der Waals surface area contributed by atoms with E-state index in [4.69, 9.17) is 19.6 Å². The zero-order valence-electron chi connectivity index (χ0n) is 8.01. The van der Waals surface area contributed by atoms with Crippen LogP contribution in [0.3, 0.4) is 0 Å². The highest BCUT2D eigenvalue weighted by Crippen LogP contribution is 2.24. The molecule has 4 heteroatoms. The summed E-state index contributed by atoms with van der Waals surface area (Å²) in [5.74, 6) is 1.74. The molecule has 0 bridgehead atoms. The third-order valence-electron chi connectivity index (χ3n) is 1.80. The molecule has 0 spiro atoms. The second-order valence-corrected chi connectivity index (χ2v) is 2.58. The molecule has 1 aliphatic rings. The molecule has 72 valence electrons. The van der Waals surface area contributed by atoms with Crippen LogP contribution in [-0.4, -0.2) is 27.0 Å². The SMILES string of the molecule is COC1=CC(=N)CC(OC)=C1OC. The number of allylic oxidation sites excluding steroid dienone is 2. The number of hydrogen-bond acceptors (Lipinski definition) is 4. The highest BCUT2D eigenvalue weighted by Gasteiger charge is 2.20.